The molecule has 2 amide bonds. The molecule has 30 heavy (non-hydrogen) atoms. The molecule has 0 spiro atoms. The molecule has 0 radical (unpaired) electrons. The van der Waals surface area contributed by atoms with Gasteiger partial charge in [0.15, 0.2) is 0 Å². The van der Waals surface area contributed by atoms with E-state index in [4.69, 9.17) is 0 Å². The average molecular weight is 503 g/mol. The number of carbonyl (C=O) groups excluding carboxylic acids is 2. The average Bonchev–Trinajstić information content (AvgIpc) is 3.43. The topological polar surface area (TPSA) is 75.2 Å². The first-order valence-corrected chi connectivity index (χ1v) is 12.1. The lowest BCUT2D eigenvalue weighted by Gasteiger charge is -2.23. The number of benzene rings is 2. The summed E-state index contributed by atoms with van der Waals surface area (Å²) < 4.78 is 0.987. The summed E-state index contributed by atoms with van der Waals surface area (Å²) in [5.41, 5.74) is 0.937. The van der Waals surface area contributed by atoms with Crippen molar-refractivity contribution >= 4 is 56.0 Å². The van der Waals surface area contributed by atoms with Gasteiger partial charge in [0.1, 0.15) is 11.0 Å². The lowest BCUT2D eigenvalue weighted by Crippen LogP contribution is -2.43. The van der Waals surface area contributed by atoms with E-state index in [-0.39, 0.29) is 11.8 Å². The Morgan fingerprint density at radius 1 is 1.13 bits per heavy atom. The van der Waals surface area contributed by atoms with E-state index in [0.717, 1.165) is 26.4 Å². The van der Waals surface area contributed by atoms with Crippen LogP contribution in [0, 0.1) is 0 Å². The fraction of sp³-hybridized carbons (Fsp3) is 0.238. The minimum atomic E-state index is -0.464. The summed E-state index contributed by atoms with van der Waals surface area (Å²) in [6.45, 7) is 0.604. The van der Waals surface area contributed by atoms with Crippen molar-refractivity contribution in [2.75, 3.05) is 17.6 Å². The number of amides is 2. The van der Waals surface area contributed by atoms with Gasteiger partial charge in [-0.3, -0.25) is 14.9 Å². The van der Waals surface area contributed by atoms with Crippen molar-refractivity contribution in [3.63, 3.8) is 0 Å². The summed E-state index contributed by atoms with van der Waals surface area (Å²) in [7, 11) is 0. The van der Waals surface area contributed by atoms with Crippen LogP contribution in [0.15, 0.2) is 64.0 Å². The lowest BCUT2D eigenvalue weighted by molar-refractivity contribution is -0.134. The van der Waals surface area contributed by atoms with Crippen molar-refractivity contribution in [1.82, 2.24) is 15.1 Å². The SMILES string of the molecule is O=C(Nc1nnc(-c2ccc(Br)cc2)s1)C1CCCN1C(=O)CSc1ccccc1. The molecular formula is C21H19BrN4O2S2. The second-order valence-electron chi connectivity index (χ2n) is 6.76. The van der Waals surface area contributed by atoms with Crippen LogP contribution in [0.2, 0.25) is 0 Å². The van der Waals surface area contributed by atoms with Crippen LogP contribution in [0.4, 0.5) is 5.13 Å². The number of nitrogens with one attached hydrogen (secondary N) is 1. The number of hydrogen-bond donors (Lipinski definition) is 1. The molecule has 1 unspecified atom stereocenters. The summed E-state index contributed by atoms with van der Waals surface area (Å²) in [4.78, 5) is 28.2. The molecule has 0 aliphatic carbocycles. The van der Waals surface area contributed by atoms with Crippen molar-refractivity contribution in [2.24, 2.45) is 0 Å². The zero-order valence-corrected chi connectivity index (χ0v) is 19.2. The van der Waals surface area contributed by atoms with Crippen LogP contribution < -0.4 is 5.32 Å². The van der Waals surface area contributed by atoms with Crippen molar-refractivity contribution < 1.29 is 9.59 Å². The molecule has 1 aliphatic rings. The van der Waals surface area contributed by atoms with E-state index in [1.807, 2.05) is 54.6 Å². The molecule has 1 aromatic heterocycles. The third-order valence-corrected chi connectivity index (χ3v) is 7.14. The smallest absolute Gasteiger partial charge is 0.249 e. The van der Waals surface area contributed by atoms with Crippen LogP contribution in [0.1, 0.15) is 12.8 Å². The number of rotatable bonds is 6. The highest BCUT2D eigenvalue weighted by molar-refractivity contribution is 9.10. The zero-order valence-electron chi connectivity index (χ0n) is 16.0. The summed E-state index contributed by atoms with van der Waals surface area (Å²) in [6, 6.07) is 17.1. The van der Waals surface area contributed by atoms with Gasteiger partial charge in [-0.2, -0.15) is 0 Å². The van der Waals surface area contributed by atoms with Gasteiger partial charge in [0.25, 0.3) is 0 Å². The number of anilines is 1. The number of thioether (sulfide) groups is 1. The quantitative estimate of drug-likeness (QED) is 0.494. The van der Waals surface area contributed by atoms with Gasteiger partial charge in [-0.1, -0.05) is 57.6 Å². The maximum Gasteiger partial charge on any atom is 0.249 e. The molecular weight excluding hydrogens is 484 g/mol. The molecule has 1 fully saturated rings. The van der Waals surface area contributed by atoms with Crippen molar-refractivity contribution in [3.05, 3.63) is 59.1 Å². The van der Waals surface area contributed by atoms with Gasteiger partial charge in [0.2, 0.25) is 16.9 Å². The Morgan fingerprint density at radius 3 is 2.67 bits per heavy atom. The molecule has 1 aliphatic heterocycles. The maximum absolute atomic E-state index is 12.8. The van der Waals surface area contributed by atoms with Crippen LogP contribution in [-0.4, -0.2) is 45.3 Å². The Balaban J connectivity index is 1.36. The monoisotopic (exact) mass is 502 g/mol. The van der Waals surface area contributed by atoms with Gasteiger partial charge in [0, 0.05) is 21.5 Å². The van der Waals surface area contributed by atoms with E-state index in [0.29, 0.717) is 23.8 Å². The molecule has 0 bridgehead atoms. The van der Waals surface area contributed by atoms with Crippen LogP contribution in [0.5, 0.6) is 0 Å². The predicted molar refractivity (Wildman–Crippen MR) is 124 cm³/mol. The van der Waals surface area contributed by atoms with Gasteiger partial charge >= 0.3 is 0 Å². The maximum atomic E-state index is 12.8. The number of aromatic nitrogens is 2. The molecule has 1 atom stereocenters. The van der Waals surface area contributed by atoms with E-state index in [1.54, 1.807) is 4.90 Å². The second kappa shape index (κ2) is 9.72. The lowest BCUT2D eigenvalue weighted by atomic mass is 10.2. The summed E-state index contributed by atoms with van der Waals surface area (Å²) in [5.74, 6) is 0.0960. The van der Waals surface area contributed by atoms with Gasteiger partial charge in [0.05, 0.1) is 5.75 Å². The summed E-state index contributed by atoms with van der Waals surface area (Å²) in [5, 5.41) is 12.3. The third-order valence-electron chi connectivity index (χ3n) is 4.73. The molecule has 2 aromatic carbocycles. The molecule has 1 saturated heterocycles. The van der Waals surface area contributed by atoms with E-state index < -0.39 is 6.04 Å². The largest absolute Gasteiger partial charge is 0.330 e. The summed E-state index contributed by atoms with van der Waals surface area (Å²) >= 11 is 6.22. The standard InChI is InChI=1S/C21H19BrN4O2S2/c22-15-10-8-14(9-11-15)20-24-25-21(30-20)23-19(28)17-7-4-12-26(17)18(27)13-29-16-5-2-1-3-6-16/h1-3,5-6,8-11,17H,4,7,12-13H2,(H,23,25,28). The number of hydrogen-bond acceptors (Lipinski definition) is 6. The first-order valence-electron chi connectivity index (χ1n) is 9.48. The van der Waals surface area contributed by atoms with Crippen molar-refractivity contribution in [2.45, 2.75) is 23.8 Å². The molecule has 1 N–H and O–H groups in total. The molecule has 2 heterocycles. The van der Waals surface area contributed by atoms with Gasteiger partial charge in [-0.25, -0.2) is 0 Å². The highest BCUT2D eigenvalue weighted by atomic mass is 79.9. The number of carbonyl (C=O) groups is 2. The Bertz CT molecular complexity index is 1030. The predicted octanol–water partition coefficient (Wildman–Crippen LogP) is 4.69. The Labute approximate surface area is 191 Å². The zero-order chi connectivity index (χ0) is 20.9. The molecule has 4 rings (SSSR count). The van der Waals surface area contributed by atoms with Gasteiger partial charge < -0.3 is 4.90 Å². The minimum Gasteiger partial charge on any atom is -0.330 e. The van der Waals surface area contributed by atoms with Crippen LogP contribution in [-0.2, 0) is 9.59 Å². The molecule has 0 saturated carbocycles. The number of nitrogens with zero attached hydrogens (tertiary/aromatic N) is 3. The minimum absolute atomic E-state index is 0.0191. The van der Waals surface area contributed by atoms with E-state index in [9.17, 15) is 9.59 Å². The van der Waals surface area contributed by atoms with Crippen molar-refractivity contribution in [3.8, 4) is 10.6 Å². The third kappa shape index (κ3) is 5.08. The normalized spacial score (nSPS) is 15.9. The van der Waals surface area contributed by atoms with Gasteiger partial charge in [-0.15, -0.1) is 22.0 Å². The van der Waals surface area contributed by atoms with Gasteiger partial charge in [-0.05, 0) is 37.1 Å². The molecule has 3 aromatic rings. The highest BCUT2D eigenvalue weighted by Crippen LogP contribution is 2.28. The van der Waals surface area contributed by atoms with E-state index in [1.165, 1.54) is 23.1 Å². The molecule has 6 nitrogen and oxygen atoms in total. The number of halogens is 1. The fourth-order valence-corrected chi connectivity index (χ4v) is 5.08. The Hall–Kier alpha value is -2.23. The fourth-order valence-electron chi connectivity index (χ4n) is 3.25. The first kappa shape index (κ1) is 21.0. The van der Waals surface area contributed by atoms with E-state index >= 15 is 0 Å². The second-order valence-corrected chi connectivity index (χ2v) is 9.70. The van der Waals surface area contributed by atoms with Crippen LogP contribution in [0.25, 0.3) is 10.6 Å². The number of likely N-dealkylation sites (tertiary alicyclic amines) is 1. The summed E-state index contributed by atoms with van der Waals surface area (Å²) in [6.07, 6.45) is 1.48. The first-order chi connectivity index (χ1) is 14.6. The highest BCUT2D eigenvalue weighted by Gasteiger charge is 2.34. The Morgan fingerprint density at radius 2 is 1.90 bits per heavy atom. The van der Waals surface area contributed by atoms with Crippen LogP contribution >= 0.6 is 39.0 Å². The Kier molecular flexibility index (Phi) is 6.81. The van der Waals surface area contributed by atoms with Crippen molar-refractivity contribution in [1.29, 1.82) is 0 Å². The van der Waals surface area contributed by atoms with E-state index in [2.05, 4.69) is 31.4 Å². The molecule has 154 valence electrons. The van der Waals surface area contributed by atoms with Crippen LogP contribution in [0.3, 0.4) is 0 Å². The molecule has 9 heteroatoms.